The molecule has 0 aromatic carbocycles. The summed E-state index contributed by atoms with van der Waals surface area (Å²) in [6.07, 6.45) is 4.04. The Morgan fingerprint density at radius 2 is 2.18 bits per heavy atom. The number of nitrogens with one attached hydrogen (secondary N) is 1. The topological polar surface area (TPSA) is 75.9 Å². The zero-order valence-electron chi connectivity index (χ0n) is 16.0. The Balaban J connectivity index is 2.08. The van der Waals surface area contributed by atoms with E-state index in [1.54, 1.807) is 36.4 Å². The van der Waals surface area contributed by atoms with Gasteiger partial charge in [-0.3, -0.25) is 18.9 Å². The number of thiocarbonyl (C=S) groups is 1. The first-order chi connectivity index (χ1) is 13.5. The molecule has 3 rings (SSSR count). The van der Waals surface area contributed by atoms with E-state index in [0.717, 1.165) is 6.42 Å². The summed E-state index contributed by atoms with van der Waals surface area (Å²) in [6, 6.07) is 5.35. The number of thioether (sulfide) groups is 1. The number of rotatable bonds is 7. The fraction of sp³-hybridized carbons (Fsp3) is 0.368. The Kier molecular flexibility index (Phi) is 6.48. The number of hydrogen-bond donors (Lipinski definition) is 1. The second kappa shape index (κ2) is 8.85. The van der Waals surface area contributed by atoms with Crippen molar-refractivity contribution in [3.8, 4) is 0 Å². The third-order valence-corrected chi connectivity index (χ3v) is 5.83. The van der Waals surface area contributed by atoms with Gasteiger partial charge in [-0.05, 0) is 31.6 Å². The van der Waals surface area contributed by atoms with Crippen molar-refractivity contribution < 1.29 is 9.53 Å². The molecule has 0 saturated carbocycles. The molecule has 0 bridgehead atoms. The summed E-state index contributed by atoms with van der Waals surface area (Å²) in [4.78, 5) is 32.5. The van der Waals surface area contributed by atoms with Crippen LogP contribution in [0.15, 0.2) is 34.1 Å². The van der Waals surface area contributed by atoms with E-state index in [2.05, 4.69) is 10.3 Å². The first-order valence-corrected chi connectivity index (χ1v) is 10.2. The van der Waals surface area contributed by atoms with Gasteiger partial charge in [0, 0.05) is 25.9 Å². The zero-order valence-corrected chi connectivity index (χ0v) is 17.6. The molecule has 2 aromatic heterocycles. The third kappa shape index (κ3) is 3.96. The van der Waals surface area contributed by atoms with Crippen molar-refractivity contribution in [2.24, 2.45) is 0 Å². The van der Waals surface area contributed by atoms with Gasteiger partial charge in [0.05, 0.1) is 17.1 Å². The standard InChI is InChI=1S/C19H22N4O3S2/c1-4-12(2)23-18(25)14(28-19(23)27)11-13-16(20-8-10-26-3)21-15-7-5-6-9-22(15)17(13)24/h5-7,9,11-12,20H,4,8,10H2,1-3H3/b14-11-/t12-/m0/s1. The summed E-state index contributed by atoms with van der Waals surface area (Å²) < 4.78 is 7.04. The van der Waals surface area contributed by atoms with Crippen LogP contribution < -0.4 is 10.9 Å². The highest BCUT2D eigenvalue weighted by Crippen LogP contribution is 2.34. The molecule has 148 valence electrons. The van der Waals surface area contributed by atoms with E-state index in [9.17, 15) is 9.59 Å². The number of nitrogens with zero attached hydrogens (tertiary/aromatic N) is 3. The average molecular weight is 419 g/mol. The maximum atomic E-state index is 13.1. The van der Waals surface area contributed by atoms with E-state index >= 15 is 0 Å². The molecule has 0 aliphatic carbocycles. The number of ether oxygens (including phenoxy) is 1. The second-order valence-corrected chi connectivity index (χ2v) is 8.01. The highest BCUT2D eigenvalue weighted by Gasteiger charge is 2.35. The van der Waals surface area contributed by atoms with Crippen molar-refractivity contribution in [3.63, 3.8) is 0 Å². The van der Waals surface area contributed by atoms with Crippen molar-refractivity contribution in [3.05, 3.63) is 45.2 Å². The molecular formula is C19H22N4O3S2. The molecule has 0 spiro atoms. The summed E-state index contributed by atoms with van der Waals surface area (Å²) in [5.74, 6) is 0.242. The molecule has 1 atom stereocenters. The van der Waals surface area contributed by atoms with Gasteiger partial charge in [0.2, 0.25) is 0 Å². The quantitative estimate of drug-likeness (QED) is 0.421. The largest absolute Gasteiger partial charge is 0.383 e. The van der Waals surface area contributed by atoms with Gasteiger partial charge >= 0.3 is 0 Å². The van der Waals surface area contributed by atoms with Gasteiger partial charge in [-0.25, -0.2) is 4.98 Å². The van der Waals surface area contributed by atoms with E-state index in [1.165, 1.54) is 16.2 Å². The van der Waals surface area contributed by atoms with Gasteiger partial charge in [-0.2, -0.15) is 0 Å². The summed E-state index contributed by atoms with van der Waals surface area (Å²) in [5.41, 5.74) is 0.598. The number of pyridine rings is 1. The zero-order chi connectivity index (χ0) is 20.3. The van der Waals surface area contributed by atoms with Crippen LogP contribution in [0.4, 0.5) is 5.82 Å². The molecule has 0 unspecified atom stereocenters. The van der Waals surface area contributed by atoms with E-state index in [0.29, 0.717) is 39.4 Å². The lowest BCUT2D eigenvalue weighted by atomic mass is 10.2. The van der Waals surface area contributed by atoms with Crippen LogP contribution in [0, 0.1) is 0 Å². The van der Waals surface area contributed by atoms with Gasteiger partial charge in [0.15, 0.2) is 0 Å². The Morgan fingerprint density at radius 3 is 2.89 bits per heavy atom. The molecule has 1 fully saturated rings. The minimum absolute atomic E-state index is 0.00789. The molecule has 1 saturated heterocycles. The smallest absolute Gasteiger partial charge is 0.267 e. The molecule has 1 aliphatic rings. The lowest BCUT2D eigenvalue weighted by Crippen LogP contribution is -2.36. The second-order valence-electron chi connectivity index (χ2n) is 6.34. The van der Waals surface area contributed by atoms with E-state index in [-0.39, 0.29) is 17.5 Å². The van der Waals surface area contributed by atoms with Crippen molar-refractivity contribution >= 4 is 51.7 Å². The SMILES string of the molecule is CC[C@H](C)N1C(=O)/C(=C/c2c(NCCOC)nc3ccccn3c2=O)SC1=S. The van der Waals surface area contributed by atoms with Gasteiger partial charge in [0.25, 0.3) is 11.5 Å². The fourth-order valence-electron chi connectivity index (χ4n) is 2.81. The number of methoxy groups -OCH3 is 1. The number of fused-ring (bicyclic) bond motifs is 1. The van der Waals surface area contributed by atoms with Crippen LogP contribution >= 0.6 is 24.0 Å². The molecule has 7 nitrogen and oxygen atoms in total. The highest BCUT2D eigenvalue weighted by molar-refractivity contribution is 8.26. The van der Waals surface area contributed by atoms with Crippen LogP contribution in [-0.2, 0) is 9.53 Å². The molecule has 3 heterocycles. The predicted molar refractivity (Wildman–Crippen MR) is 117 cm³/mol. The minimum atomic E-state index is -0.251. The lowest BCUT2D eigenvalue weighted by Gasteiger charge is -2.21. The molecule has 28 heavy (non-hydrogen) atoms. The van der Waals surface area contributed by atoms with Gasteiger partial charge in [-0.1, -0.05) is 37.0 Å². The molecule has 1 aliphatic heterocycles. The van der Waals surface area contributed by atoms with Crippen molar-refractivity contribution in [2.75, 3.05) is 25.6 Å². The maximum absolute atomic E-state index is 13.1. The summed E-state index contributed by atoms with van der Waals surface area (Å²) in [7, 11) is 1.60. The number of carbonyl (C=O) groups is 1. The van der Waals surface area contributed by atoms with Crippen LogP contribution in [0.5, 0.6) is 0 Å². The van der Waals surface area contributed by atoms with Crippen LogP contribution in [0.1, 0.15) is 25.8 Å². The van der Waals surface area contributed by atoms with E-state index < -0.39 is 0 Å². The van der Waals surface area contributed by atoms with Crippen LogP contribution in [0.25, 0.3) is 11.7 Å². The van der Waals surface area contributed by atoms with Gasteiger partial charge in [0.1, 0.15) is 15.8 Å². The van der Waals surface area contributed by atoms with Crippen LogP contribution in [0.3, 0.4) is 0 Å². The van der Waals surface area contributed by atoms with E-state index in [1.807, 2.05) is 19.9 Å². The number of anilines is 1. The van der Waals surface area contributed by atoms with Gasteiger partial charge in [-0.15, -0.1) is 0 Å². The first kappa shape index (κ1) is 20.5. The third-order valence-electron chi connectivity index (χ3n) is 4.50. The highest BCUT2D eigenvalue weighted by atomic mass is 32.2. The fourth-order valence-corrected chi connectivity index (χ4v) is 4.26. The van der Waals surface area contributed by atoms with Crippen molar-refractivity contribution in [2.45, 2.75) is 26.3 Å². The van der Waals surface area contributed by atoms with Crippen LogP contribution in [-0.4, -0.2) is 50.8 Å². The lowest BCUT2D eigenvalue weighted by molar-refractivity contribution is -0.123. The molecule has 9 heteroatoms. The van der Waals surface area contributed by atoms with E-state index in [4.69, 9.17) is 17.0 Å². The maximum Gasteiger partial charge on any atom is 0.267 e. The first-order valence-electron chi connectivity index (χ1n) is 8.99. The Bertz CT molecular complexity index is 1000. The number of aromatic nitrogens is 2. The molecule has 2 aromatic rings. The molecule has 1 amide bonds. The van der Waals surface area contributed by atoms with Gasteiger partial charge < -0.3 is 10.1 Å². The summed E-state index contributed by atoms with van der Waals surface area (Å²) >= 11 is 6.59. The molecule has 0 radical (unpaired) electrons. The average Bonchev–Trinajstić information content (AvgIpc) is 2.97. The molecular weight excluding hydrogens is 396 g/mol. The molecule has 1 N–H and O–H groups in total. The number of carbonyl (C=O) groups excluding carboxylic acids is 1. The Labute approximate surface area is 172 Å². The Morgan fingerprint density at radius 1 is 1.39 bits per heavy atom. The number of amides is 1. The normalized spacial score (nSPS) is 17.0. The summed E-state index contributed by atoms with van der Waals surface area (Å²) in [6.45, 7) is 4.91. The predicted octanol–water partition coefficient (Wildman–Crippen LogP) is 2.75. The van der Waals surface area contributed by atoms with Crippen molar-refractivity contribution in [1.82, 2.24) is 14.3 Å². The monoisotopic (exact) mass is 418 g/mol. The number of hydrogen-bond acceptors (Lipinski definition) is 7. The minimum Gasteiger partial charge on any atom is -0.383 e. The van der Waals surface area contributed by atoms with Crippen LogP contribution in [0.2, 0.25) is 0 Å². The summed E-state index contributed by atoms with van der Waals surface area (Å²) in [5, 5.41) is 3.13. The van der Waals surface area contributed by atoms with Crippen molar-refractivity contribution in [1.29, 1.82) is 0 Å². The Hall–Kier alpha value is -2.23.